The zero-order chi connectivity index (χ0) is 15.5. The Labute approximate surface area is 125 Å². The number of rotatable bonds is 5. The zero-order valence-electron chi connectivity index (χ0n) is 12.9. The molecule has 0 aromatic heterocycles. The highest BCUT2D eigenvalue weighted by Gasteiger charge is 2.42. The van der Waals surface area contributed by atoms with E-state index in [1.54, 1.807) is 19.1 Å². The fraction of sp³-hybridized carbons (Fsp3) is 0.529. The van der Waals surface area contributed by atoms with E-state index in [4.69, 9.17) is 4.74 Å². The third-order valence-electron chi connectivity index (χ3n) is 3.81. The second-order valence-corrected chi connectivity index (χ2v) is 6.25. The van der Waals surface area contributed by atoms with Gasteiger partial charge in [-0.25, -0.2) is 4.79 Å². The van der Waals surface area contributed by atoms with E-state index in [0.717, 1.165) is 18.4 Å². The van der Waals surface area contributed by atoms with Crippen LogP contribution in [0.4, 0.5) is 0 Å². The summed E-state index contributed by atoms with van der Waals surface area (Å²) in [6.07, 6.45) is 2.43. The average molecular weight is 289 g/mol. The summed E-state index contributed by atoms with van der Waals surface area (Å²) in [7, 11) is 0. The molecule has 0 saturated carbocycles. The fourth-order valence-electron chi connectivity index (χ4n) is 2.56. The molecule has 1 aliphatic rings. The van der Waals surface area contributed by atoms with Crippen LogP contribution in [0.5, 0.6) is 0 Å². The van der Waals surface area contributed by atoms with Gasteiger partial charge in [-0.15, -0.1) is 0 Å². The van der Waals surface area contributed by atoms with Crippen molar-refractivity contribution >= 4 is 11.9 Å². The summed E-state index contributed by atoms with van der Waals surface area (Å²) in [5, 5.41) is 2.88. The monoisotopic (exact) mass is 289 g/mol. The van der Waals surface area contributed by atoms with Crippen molar-refractivity contribution in [3.8, 4) is 0 Å². The number of hydrogen-bond acceptors (Lipinski definition) is 3. The fourth-order valence-corrected chi connectivity index (χ4v) is 2.56. The van der Waals surface area contributed by atoms with E-state index in [2.05, 4.69) is 19.2 Å². The van der Waals surface area contributed by atoms with Crippen molar-refractivity contribution < 1.29 is 14.3 Å². The molecular formula is C17H23NO3. The average Bonchev–Trinajstić information content (AvgIpc) is 2.43. The number of amides is 1. The molecule has 1 aliphatic heterocycles. The minimum absolute atomic E-state index is 0.214. The Morgan fingerprint density at radius 1 is 1.38 bits per heavy atom. The lowest BCUT2D eigenvalue weighted by Gasteiger charge is -2.33. The smallest absolute Gasteiger partial charge is 0.339 e. The van der Waals surface area contributed by atoms with Gasteiger partial charge in [0.05, 0.1) is 5.56 Å². The Hall–Kier alpha value is -1.84. The van der Waals surface area contributed by atoms with Gasteiger partial charge >= 0.3 is 5.97 Å². The van der Waals surface area contributed by atoms with Gasteiger partial charge in [0.1, 0.15) is 0 Å². The second-order valence-electron chi connectivity index (χ2n) is 6.25. The minimum atomic E-state index is -1.11. The Kier molecular flexibility index (Phi) is 4.66. The number of fused-ring (bicyclic) bond motifs is 1. The van der Waals surface area contributed by atoms with Crippen molar-refractivity contribution in [2.45, 2.75) is 45.6 Å². The summed E-state index contributed by atoms with van der Waals surface area (Å²) in [5.74, 6) is -0.0114. The first-order valence-electron chi connectivity index (χ1n) is 7.52. The normalized spacial score (nSPS) is 20.9. The molecule has 0 aliphatic carbocycles. The van der Waals surface area contributed by atoms with Crippen LogP contribution in [0.25, 0.3) is 0 Å². The highest BCUT2D eigenvalue weighted by molar-refractivity contribution is 5.97. The number of ether oxygens (including phenoxy) is 1. The van der Waals surface area contributed by atoms with Gasteiger partial charge in [-0.1, -0.05) is 32.0 Å². The molecule has 0 fully saturated rings. The van der Waals surface area contributed by atoms with Crippen molar-refractivity contribution in [1.82, 2.24) is 5.32 Å². The van der Waals surface area contributed by atoms with Gasteiger partial charge < -0.3 is 10.1 Å². The van der Waals surface area contributed by atoms with Crippen LogP contribution >= 0.6 is 0 Å². The van der Waals surface area contributed by atoms with Gasteiger partial charge in [0.25, 0.3) is 5.91 Å². The maximum atomic E-state index is 12.3. The van der Waals surface area contributed by atoms with E-state index < -0.39 is 11.6 Å². The summed E-state index contributed by atoms with van der Waals surface area (Å²) in [6, 6.07) is 7.28. The molecule has 0 spiro atoms. The quantitative estimate of drug-likeness (QED) is 0.670. The zero-order valence-corrected chi connectivity index (χ0v) is 12.9. The van der Waals surface area contributed by atoms with E-state index in [-0.39, 0.29) is 5.91 Å². The standard InChI is InChI=1S/C17H23NO3/c1-12(2)7-6-10-18-16(20)17(3)11-13-8-4-5-9-14(13)15(19)21-17/h4-5,8-9,12H,6-7,10-11H2,1-3H3,(H,18,20). The molecule has 1 aromatic carbocycles. The van der Waals surface area contributed by atoms with Crippen LogP contribution in [0.1, 0.15) is 49.5 Å². The van der Waals surface area contributed by atoms with Gasteiger partial charge in [0.2, 0.25) is 0 Å². The van der Waals surface area contributed by atoms with Gasteiger partial charge in [-0.2, -0.15) is 0 Å². The minimum Gasteiger partial charge on any atom is -0.445 e. The molecule has 1 N–H and O–H groups in total. The van der Waals surface area contributed by atoms with Crippen LogP contribution < -0.4 is 5.32 Å². The topological polar surface area (TPSA) is 55.4 Å². The van der Waals surface area contributed by atoms with Crippen molar-refractivity contribution in [3.05, 3.63) is 35.4 Å². The van der Waals surface area contributed by atoms with Crippen LogP contribution in [0.2, 0.25) is 0 Å². The van der Waals surface area contributed by atoms with Crippen molar-refractivity contribution in [2.24, 2.45) is 5.92 Å². The molecule has 4 heteroatoms. The van der Waals surface area contributed by atoms with Crippen molar-refractivity contribution in [1.29, 1.82) is 0 Å². The molecule has 1 heterocycles. The Morgan fingerprint density at radius 3 is 2.81 bits per heavy atom. The van der Waals surface area contributed by atoms with Crippen LogP contribution in [-0.2, 0) is 16.0 Å². The van der Waals surface area contributed by atoms with E-state index in [1.165, 1.54) is 0 Å². The number of nitrogens with one attached hydrogen (secondary N) is 1. The molecule has 2 rings (SSSR count). The molecule has 1 aromatic rings. The van der Waals surface area contributed by atoms with Gasteiger partial charge in [0.15, 0.2) is 5.60 Å². The van der Waals surface area contributed by atoms with E-state index >= 15 is 0 Å². The molecule has 21 heavy (non-hydrogen) atoms. The number of hydrogen-bond donors (Lipinski definition) is 1. The Balaban J connectivity index is 2.00. The molecular weight excluding hydrogens is 266 g/mol. The summed E-state index contributed by atoms with van der Waals surface area (Å²) in [5.41, 5.74) is 0.319. The summed E-state index contributed by atoms with van der Waals surface area (Å²) in [4.78, 5) is 24.4. The maximum absolute atomic E-state index is 12.3. The SMILES string of the molecule is CC(C)CCCNC(=O)C1(C)Cc2ccccc2C(=O)O1. The van der Waals surface area contributed by atoms with Crippen molar-refractivity contribution in [2.75, 3.05) is 6.54 Å². The molecule has 4 nitrogen and oxygen atoms in total. The largest absolute Gasteiger partial charge is 0.445 e. The number of esters is 1. The lowest BCUT2D eigenvalue weighted by Crippen LogP contribution is -2.51. The molecule has 0 bridgehead atoms. The number of carbonyl (C=O) groups is 2. The molecule has 0 saturated heterocycles. The van der Waals surface area contributed by atoms with Crippen LogP contribution in [0.3, 0.4) is 0 Å². The van der Waals surface area contributed by atoms with Crippen LogP contribution in [0, 0.1) is 5.92 Å². The molecule has 1 unspecified atom stereocenters. The number of cyclic esters (lactones) is 1. The number of carbonyl (C=O) groups excluding carboxylic acids is 2. The summed E-state index contributed by atoms with van der Waals surface area (Å²) < 4.78 is 5.39. The van der Waals surface area contributed by atoms with Crippen LogP contribution in [0.15, 0.2) is 24.3 Å². The van der Waals surface area contributed by atoms with E-state index in [9.17, 15) is 9.59 Å². The first kappa shape index (κ1) is 15.5. The Bertz CT molecular complexity index is 539. The predicted molar refractivity (Wildman–Crippen MR) is 81.0 cm³/mol. The lowest BCUT2D eigenvalue weighted by molar-refractivity contribution is -0.139. The maximum Gasteiger partial charge on any atom is 0.339 e. The lowest BCUT2D eigenvalue weighted by atomic mass is 9.89. The van der Waals surface area contributed by atoms with Gasteiger partial charge in [-0.3, -0.25) is 4.79 Å². The molecule has 0 radical (unpaired) electrons. The van der Waals surface area contributed by atoms with Crippen LogP contribution in [-0.4, -0.2) is 24.0 Å². The van der Waals surface area contributed by atoms with Gasteiger partial charge in [0, 0.05) is 13.0 Å². The molecule has 1 amide bonds. The Morgan fingerprint density at radius 2 is 2.10 bits per heavy atom. The first-order valence-corrected chi connectivity index (χ1v) is 7.52. The summed E-state index contributed by atoms with van der Waals surface area (Å²) >= 11 is 0. The number of benzene rings is 1. The highest BCUT2D eigenvalue weighted by Crippen LogP contribution is 2.28. The highest BCUT2D eigenvalue weighted by atomic mass is 16.6. The molecule has 1 atom stereocenters. The second kappa shape index (κ2) is 6.29. The summed E-state index contributed by atoms with van der Waals surface area (Å²) in [6.45, 7) is 6.61. The predicted octanol–water partition coefficient (Wildman–Crippen LogP) is 2.71. The molecule has 114 valence electrons. The van der Waals surface area contributed by atoms with E-state index in [0.29, 0.717) is 24.4 Å². The van der Waals surface area contributed by atoms with E-state index in [1.807, 2.05) is 12.1 Å². The third-order valence-corrected chi connectivity index (χ3v) is 3.81. The van der Waals surface area contributed by atoms with Crippen molar-refractivity contribution in [3.63, 3.8) is 0 Å². The first-order chi connectivity index (χ1) is 9.92. The third kappa shape index (κ3) is 3.63. The van der Waals surface area contributed by atoms with Gasteiger partial charge in [-0.05, 0) is 37.3 Å².